The number of hydrogen-bond donors (Lipinski definition) is 0. The summed E-state index contributed by atoms with van der Waals surface area (Å²) in [6, 6.07) is 11.7. The summed E-state index contributed by atoms with van der Waals surface area (Å²) in [5, 5.41) is 0.676. The molecular weight excluding hydrogens is 484 g/mol. The fourth-order valence-electron chi connectivity index (χ4n) is 3.98. The predicted octanol–water partition coefficient (Wildman–Crippen LogP) is 5.57. The van der Waals surface area contributed by atoms with E-state index in [1.54, 1.807) is 19.1 Å². The molecule has 0 N–H and O–H groups in total. The van der Waals surface area contributed by atoms with Crippen LogP contribution in [0.2, 0.25) is 0 Å². The molecule has 3 aromatic rings. The van der Waals surface area contributed by atoms with E-state index in [2.05, 4.69) is 37.5 Å². The maximum absolute atomic E-state index is 13.7. The molecule has 1 heterocycles. The van der Waals surface area contributed by atoms with Crippen molar-refractivity contribution < 1.29 is 14.3 Å². The van der Waals surface area contributed by atoms with E-state index in [1.165, 1.54) is 11.3 Å². The lowest BCUT2D eigenvalue weighted by Crippen LogP contribution is -2.38. The molecule has 7 nitrogen and oxygen atoms in total. The molecule has 0 aliphatic heterocycles. The van der Waals surface area contributed by atoms with Crippen molar-refractivity contribution in [1.82, 2.24) is 9.88 Å². The second kappa shape index (κ2) is 13.5. The molecule has 0 saturated carbocycles. The van der Waals surface area contributed by atoms with Crippen LogP contribution in [0.1, 0.15) is 38.1 Å². The molecule has 0 radical (unpaired) electrons. The number of nitrogens with zero attached hydrogens (tertiary/aromatic N) is 4. The highest BCUT2D eigenvalue weighted by Gasteiger charge is 2.23. The Morgan fingerprint density at radius 2 is 1.49 bits per heavy atom. The van der Waals surface area contributed by atoms with Gasteiger partial charge in [0, 0.05) is 49.6 Å². The second-order valence-corrected chi connectivity index (χ2v) is 8.88. The van der Waals surface area contributed by atoms with Crippen LogP contribution in [0.5, 0.6) is 11.5 Å². The molecule has 9 heteroatoms. The Kier molecular flexibility index (Phi) is 11.1. The van der Waals surface area contributed by atoms with Gasteiger partial charge in [-0.1, -0.05) is 25.2 Å². The highest BCUT2D eigenvalue weighted by atomic mass is 35.5. The van der Waals surface area contributed by atoms with Gasteiger partial charge < -0.3 is 19.3 Å². The van der Waals surface area contributed by atoms with Crippen molar-refractivity contribution in [3.63, 3.8) is 0 Å². The number of anilines is 2. The summed E-state index contributed by atoms with van der Waals surface area (Å²) in [6.07, 6.45) is 0. The van der Waals surface area contributed by atoms with Crippen LogP contribution in [0, 0.1) is 0 Å². The van der Waals surface area contributed by atoms with Gasteiger partial charge in [-0.25, -0.2) is 4.98 Å². The minimum Gasteiger partial charge on any atom is -0.493 e. The number of thiazole rings is 1. The third-order valence-corrected chi connectivity index (χ3v) is 7.18. The van der Waals surface area contributed by atoms with Gasteiger partial charge in [0.05, 0.1) is 24.4 Å². The molecule has 3 rings (SSSR count). The van der Waals surface area contributed by atoms with Gasteiger partial charge in [-0.3, -0.25) is 9.69 Å². The Labute approximate surface area is 219 Å². The summed E-state index contributed by atoms with van der Waals surface area (Å²) >= 11 is 1.49. The van der Waals surface area contributed by atoms with Crippen molar-refractivity contribution in [3.8, 4) is 11.5 Å². The van der Waals surface area contributed by atoms with Crippen LogP contribution < -0.4 is 19.3 Å². The summed E-state index contributed by atoms with van der Waals surface area (Å²) in [5.74, 6) is 1.23. The Morgan fingerprint density at radius 3 is 2.03 bits per heavy atom. The quantitative estimate of drug-likeness (QED) is 0.311. The lowest BCUT2D eigenvalue weighted by atomic mass is 10.1. The van der Waals surface area contributed by atoms with Gasteiger partial charge in [0.1, 0.15) is 0 Å². The van der Waals surface area contributed by atoms with Crippen LogP contribution in [0.4, 0.5) is 10.8 Å². The highest BCUT2D eigenvalue weighted by molar-refractivity contribution is 7.22. The highest BCUT2D eigenvalue weighted by Crippen LogP contribution is 2.37. The number of fused-ring (bicyclic) bond motifs is 1. The van der Waals surface area contributed by atoms with Gasteiger partial charge in [0.2, 0.25) is 0 Å². The zero-order chi connectivity index (χ0) is 24.7. The SMILES string of the molecule is CCN(CC)CCN(C(=O)c1ccc(N(CC)CC)cc1)c1nc2cc(OC)c(OC)cc2s1.Cl. The molecule has 35 heavy (non-hydrogen) atoms. The van der Waals surface area contributed by atoms with Crippen LogP contribution in [-0.2, 0) is 0 Å². The molecule has 192 valence electrons. The van der Waals surface area contributed by atoms with Gasteiger partial charge in [0.25, 0.3) is 5.91 Å². The topological polar surface area (TPSA) is 58.1 Å². The summed E-state index contributed by atoms with van der Waals surface area (Å²) in [5.41, 5.74) is 2.57. The number of aromatic nitrogens is 1. The maximum atomic E-state index is 13.7. The van der Waals surface area contributed by atoms with E-state index in [0.29, 0.717) is 28.7 Å². The number of hydrogen-bond acceptors (Lipinski definition) is 7. The average Bonchev–Trinajstić information content (AvgIpc) is 3.29. The molecule has 1 amide bonds. The predicted molar refractivity (Wildman–Crippen MR) is 149 cm³/mol. The number of carbonyl (C=O) groups is 1. The normalized spacial score (nSPS) is 10.8. The Morgan fingerprint density at radius 1 is 0.886 bits per heavy atom. The van der Waals surface area contributed by atoms with Gasteiger partial charge in [0.15, 0.2) is 16.6 Å². The first-order chi connectivity index (χ1) is 16.5. The molecule has 0 unspecified atom stereocenters. The van der Waals surface area contributed by atoms with Crippen molar-refractivity contribution in [1.29, 1.82) is 0 Å². The summed E-state index contributed by atoms with van der Waals surface area (Å²) in [6.45, 7) is 13.6. The lowest BCUT2D eigenvalue weighted by molar-refractivity contribution is 0.0984. The number of likely N-dealkylation sites (N-methyl/N-ethyl adjacent to an activating group) is 1. The minimum atomic E-state index is -0.0451. The largest absolute Gasteiger partial charge is 0.493 e. The average molecular weight is 521 g/mol. The van der Waals surface area contributed by atoms with Crippen LogP contribution >= 0.6 is 23.7 Å². The van der Waals surface area contributed by atoms with E-state index < -0.39 is 0 Å². The molecule has 0 fully saturated rings. The number of benzene rings is 2. The van der Waals surface area contributed by atoms with E-state index in [-0.39, 0.29) is 18.3 Å². The molecule has 2 aromatic carbocycles. The second-order valence-electron chi connectivity index (χ2n) is 7.87. The van der Waals surface area contributed by atoms with Crippen molar-refractivity contribution in [2.24, 2.45) is 0 Å². The molecule has 0 saturated heterocycles. The fraction of sp³-hybridized carbons (Fsp3) is 0.462. The standard InChI is InChI=1S/C26H36N4O3S.ClH/c1-7-28(8-2)15-16-30(25(31)19-11-13-20(14-12-19)29(9-3)10-4)26-27-21-17-22(32-5)23(33-6)18-24(21)34-26;/h11-14,17-18H,7-10,15-16H2,1-6H3;1H. The summed E-state index contributed by atoms with van der Waals surface area (Å²) in [7, 11) is 3.23. The van der Waals surface area contributed by atoms with Crippen LogP contribution in [-0.4, -0.2) is 69.3 Å². The first-order valence-electron chi connectivity index (χ1n) is 11.9. The number of halogens is 1. The van der Waals surface area contributed by atoms with E-state index in [9.17, 15) is 4.79 Å². The Bertz CT molecular complexity index is 1040. The first-order valence-corrected chi connectivity index (χ1v) is 12.7. The minimum absolute atomic E-state index is 0. The van der Waals surface area contributed by atoms with Gasteiger partial charge >= 0.3 is 0 Å². The zero-order valence-corrected chi connectivity index (χ0v) is 23.2. The summed E-state index contributed by atoms with van der Waals surface area (Å²) < 4.78 is 11.8. The molecule has 0 spiro atoms. The Balaban J connectivity index is 0.00000432. The molecule has 0 aliphatic rings. The number of carbonyl (C=O) groups excluding carboxylic acids is 1. The van der Waals surface area contributed by atoms with Gasteiger partial charge in [-0.2, -0.15) is 0 Å². The number of ether oxygens (including phenoxy) is 2. The first kappa shape index (κ1) is 28.7. The third kappa shape index (κ3) is 6.57. The molecule has 0 bridgehead atoms. The van der Waals surface area contributed by atoms with Crippen molar-refractivity contribution in [3.05, 3.63) is 42.0 Å². The van der Waals surface area contributed by atoms with Crippen LogP contribution in [0.25, 0.3) is 10.2 Å². The zero-order valence-electron chi connectivity index (χ0n) is 21.5. The summed E-state index contributed by atoms with van der Waals surface area (Å²) in [4.78, 5) is 24.9. The van der Waals surface area contributed by atoms with Gasteiger partial charge in [-0.05, 0) is 51.2 Å². The van der Waals surface area contributed by atoms with E-state index in [4.69, 9.17) is 14.5 Å². The Hall–Kier alpha value is -2.55. The van der Waals surface area contributed by atoms with Crippen LogP contribution in [0.15, 0.2) is 36.4 Å². The molecule has 0 atom stereocenters. The van der Waals surface area contributed by atoms with Gasteiger partial charge in [-0.15, -0.1) is 12.4 Å². The third-order valence-electron chi connectivity index (χ3n) is 6.14. The van der Waals surface area contributed by atoms with E-state index in [0.717, 1.165) is 48.6 Å². The van der Waals surface area contributed by atoms with Crippen molar-refractivity contribution >= 4 is 50.7 Å². The van der Waals surface area contributed by atoms with E-state index in [1.807, 2.05) is 36.4 Å². The van der Waals surface area contributed by atoms with E-state index >= 15 is 0 Å². The van der Waals surface area contributed by atoms with Crippen LogP contribution in [0.3, 0.4) is 0 Å². The molecular formula is C26H37ClN4O3S. The number of amides is 1. The monoisotopic (exact) mass is 520 g/mol. The maximum Gasteiger partial charge on any atom is 0.260 e. The van der Waals surface area contributed by atoms with Crippen molar-refractivity contribution in [2.75, 3.05) is 63.3 Å². The molecule has 1 aromatic heterocycles. The fourth-order valence-corrected chi connectivity index (χ4v) is 4.98. The number of rotatable bonds is 12. The number of methoxy groups -OCH3 is 2. The molecule has 0 aliphatic carbocycles. The smallest absolute Gasteiger partial charge is 0.260 e. The lowest BCUT2D eigenvalue weighted by Gasteiger charge is -2.25. The van der Waals surface area contributed by atoms with Crippen molar-refractivity contribution in [2.45, 2.75) is 27.7 Å².